The fourth-order valence-electron chi connectivity index (χ4n) is 2.06. The second-order valence-electron chi connectivity index (χ2n) is 4.94. The van der Waals surface area contributed by atoms with E-state index in [9.17, 15) is 9.59 Å². The lowest BCUT2D eigenvalue weighted by molar-refractivity contribution is -0.116. The van der Waals surface area contributed by atoms with Crippen molar-refractivity contribution < 1.29 is 14.3 Å². The quantitative estimate of drug-likeness (QED) is 0.768. The molecule has 0 aliphatic heterocycles. The maximum absolute atomic E-state index is 12.1. The van der Waals surface area contributed by atoms with Crippen LogP contribution in [0.4, 0.5) is 5.69 Å². The van der Waals surface area contributed by atoms with E-state index in [1.54, 1.807) is 48.5 Å². The predicted molar refractivity (Wildman–Crippen MR) is 91.3 cm³/mol. The van der Waals surface area contributed by atoms with Crippen LogP contribution in [-0.4, -0.2) is 18.3 Å². The maximum Gasteiger partial charge on any atom is 0.224 e. The second-order valence-corrected chi connectivity index (χ2v) is 5.38. The number of Topliss-reactive ketones (excluding diaryl/α,β-unsaturated/α-hetero) is 1. The average Bonchev–Trinajstić information content (AvgIpc) is 2.54. The maximum atomic E-state index is 12.1. The van der Waals surface area contributed by atoms with Crippen molar-refractivity contribution in [3.05, 3.63) is 59.1 Å². The minimum Gasteiger partial charge on any atom is -0.494 e. The number of carbonyl (C=O) groups excluding carboxylic acids is 2. The van der Waals surface area contributed by atoms with Crippen molar-refractivity contribution in [1.29, 1.82) is 0 Å². The predicted octanol–water partition coefficient (Wildman–Crippen LogP) is 4.34. The van der Waals surface area contributed by atoms with Gasteiger partial charge in [0.2, 0.25) is 5.91 Å². The number of ketones is 1. The molecule has 0 spiro atoms. The van der Waals surface area contributed by atoms with Crippen molar-refractivity contribution in [2.75, 3.05) is 11.9 Å². The van der Waals surface area contributed by atoms with Crippen LogP contribution in [0.5, 0.6) is 5.75 Å². The first-order valence-electron chi connectivity index (χ1n) is 7.40. The van der Waals surface area contributed by atoms with Crippen LogP contribution < -0.4 is 10.1 Å². The number of carbonyl (C=O) groups is 2. The zero-order valence-electron chi connectivity index (χ0n) is 12.8. The molecular formula is C18H18ClNO3. The Balaban J connectivity index is 1.84. The Bertz CT molecular complexity index is 683. The van der Waals surface area contributed by atoms with Crippen molar-refractivity contribution in [3.8, 4) is 5.75 Å². The lowest BCUT2D eigenvalue weighted by Gasteiger charge is -2.06. The van der Waals surface area contributed by atoms with Gasteiger partial charge in [0, 0.05) is 29.1 Å². The number of nitrogens with one attached hydrogen (secondary N) is 1. The van der Waals surface area contributed by atoms with Gasteiger partial charge >= 0.3 is 0 Å². The Labute approximate surface area is 140 Å². The first kappa shape index (κ1) is 17.0. The van der Waals surface area contributed by atoms with E-state index in [4.69, 9.17) is 16.3 Å². The van der Waals surface area contributed by atoms with E-state index in [2.05, 4.69) is 5.32 Å². The highest BCUT2D eigenvalue weighted by Gasteiger charge is 2.10. The number of rotatable bonds is 7. The molecule has 4 nitrogen and oxygen atoms in total. The normalized spacial score (nSPS) is 10.2. The van der Waals surface area contributed by atoms with Gasteiger partial charge in [-0.25, -0.2) is 0 Å². The van der Waals surface area contributed by atoms with Crippen LogP contribution in [-0.2, 0) is 4.79 Å². The van der Waals surface area contributed by atoms with Crippen LogP contribution in [0.1, 0.15) is 30.1 Å². The van der Waals surface area contributed by atoms with Crippen LogP contribution >= 0.6 is 11.6 Å². The average molecular weight is 332 g/mol. The summed E-state index contributed by atoms with van der Waals surface area (Å²) < 4.78 is 5.33. The molecule has 1 amide bonds. The lowest BCUT2D eigenvalue weighted by atomic mass is 10.1. The molecule has 2 aromatic rings. The second kappa shape index (κ2) is 8.34. The number of hydrogen-bond acceptors (Lipinski definition) is 3. The molecule has 0 saturated heterocycles. The van der Waals surface area contributed by atoms with Gasteiger partial charge in [0.05, 0.1) is 6.61 Å². The molecule has 1 N–H and O–H groups in total. The molecule has 0 radical (unpaired) electrons. The van der Waals surface area contributed by atoms with Crippen LogP contribution in [0, 0.1) is 0 Å². The van der Waals surface area contributed by atoms with E-state index in [-0.39, 0.29) is 24.5 Å². The van der Waals surface area contributed by atoms with E-state index in [1.807, 2.05) is 6.92 Å². The summed E-state index contributed by atoms with van der Waals surface area (Å²) >= 11 is 5.86. The molecule has 0 aromatic heterocycles. The van der Waals surface area contributed by atoms with Crippen molar-refractivity contribution in [3.63, 3.8) is 0 Å². The SMILES string of the molecule is CCOc1ccc(C(=O)CCC(=O)Nc2cccc(Cl)c2)cc1. The Morgan fingerprint density at radius 1 is 1.09 bits per heavy atom. The topological polar surface area (TPSA) is 55.4 Å². The Morgan fingerprint density at radius 3 is 2.48 bits per heavy atom. The number of anilines is 1. The number of halogens is 1. The highest BCUT2D eigenvalue weighted by Crippen LogP contribution is 2.16. The third-order valence-corrected chi connectivity index (χ3v) is 3.41. The molecule has 0 heterocycles. The van der Waals surface area contributed by atoms with Crippen LogP contribution in [0.2, 0.25) is 5.02 Å². The summed E-state index contributed by atoms with van der Waals surface area (Å²) in [6.45, 7) is 2.48. The molecule has 2 rings (SSSR count). The summed E-state index contributed by atoms with van der Waals surface area (Å²) in [5.41, 5.74) is 1.19. The van der Waals surface area contributed by atoms with Gasteiger partial charge in [0.1, 0.15) is 5.75 Å². The summed E-state index contributed by atoms with van der Waals surface area (Å²) in [4.78, 5) is 24.0. The molecule has 0 fully saturated rings. The molecular weight excluding hydrogens is 314 g/mol. The zero-order chi connectivity index (χ0) is 16.7. The van der Waals surface area contributed by atoms with Gasteiger partial charge in [0.25, 0.3) is 0 Å². The standard InChI is InChI=1S/C18H18ClNO3/c1-2-23-16-8-6-13(7-9-16)17(21)10-11-18(22)20-15-5-3-4-14(19)12-15/h3-9,12H,2,10-11H2,1H3,(H,20,22). The molecule has 0 aliphatic carbocycles. The summed E-state index contributed by atoms with van der Waals surface area (Å²) in [7, 11) is 0. The molecule has 23 heavy (non-hydrogen) atoms. The van der Waals surface area contributed by atoms with Crippen molar-refractivity contribution in [2.45, 2.75) is 19.8 Å². The summed E-state index contributed by atoms with van der Waals surface area (Å²) in [6.07, 6.45) is 0.277. The monoisotopic (exact) mass is 331 g/mol. The highest BCUT2D eigenvalue weighted by atomic mass is 35.5. The van der Waals surface area contributed by atoms with Crippen LogP contribution in [0.25, 0.3) is 0 Å². The zero-order valence-corrected chi connectivity index (χ0v) is 13.6. The number of benzene rings is 2. The van der Waals surface area contributed by atoms with Crippen molar-refractivity contribution in [2.24, 2.45) is 0 Å². The highest BCUT2D eigenvalue weighted by molar-refractivity contribution is 6.30. The minimum atomic E-state index is -0.216. The van der Waals surface area contributed by atoms with E-state index >= 15 is 0 Å². The molecule has 0 saturated carbocycles. The molecule has 2 aromatic carbocycles. The molecule has 0 atom stereocenters. The van der Waals surface area contributed by atoms with Gasteiger partial charge in [-0.2, -0.15) is 0 Å². The fraction of sp³-hybridized carbons (Fsp3) is 0.222. The van der Waals surface area contributed by atoms with Crippen LogP contribution in [0.15, 0.2) is 48.5 Å². The van der Waals surface area contributed by atoms with Crippen molar-refractivity contribution >= 4 is 29.0 Å². The van der Waals surface area contributed by atoms with Gasteiger partial charge in [0.15, 0.2) is 5.78 Å². The van der Waals surface area contributed by atoms with Crippen LogP contribution in [0.3, 0.4) is 0 Å². The molecule has 120 valence electrons. The van der Waals surface area contributed by atoms with Gasteiger partial charge in [-0.1, -0.05) is 17.7 Å². The van der Waals surface area contributed by atoms with E-state index < -0.39 is 0 Å². The van der Waals surface area contributed by atoms with E-state index in [1.165, 1.54) is 0 Å². The smallest absolute Gasteiger partial charge is 0.224 e. The first-order valence-corrected chi connectivity index (χ1v) is 7.77. The minimum absolute atomic E-state index is 0.0747. The largest absolute Gasteiger partial charge is 0.494 e. The number of amides is 1. The molecule has 0 aliphatic rings. The summed E-state index contributed by atoms with van der Waals surface area (Å²) in [5.74, 6) is 0.434. The lowest BCUT2D eigenvalue weighted by Crippen LogP contribution is -2.13. The van der Waals surface area contributed by atoms with Gasteiger partial charge in [-0.15, -0.1) is 0 Å². The van der Waals surface area contributed by atoms with Gasteiger partial charge in [-0.3, -0.25) is 9.59 Å². The molecule has 0 unspecified atom stereocenters. The third kappa shape index (κ3) is 5.42. The summed E-state index contributed by atoms with van der Waals surface area (Å²) in [5, 5.41) is 3.27. The Morgan fingerprint density at radius 2 is 1.83 bits per heavy atom. The molecule has 0 bridgehead atoms. The van der Waals surface area contributed by atoms with Gasteiger partial charge < -0.3 is 10.1 Å². The Hall–Kier alpha value is -2.33. The number of hydrogen-bond donors (Lipinski definition) is 1. The number of ether oxygens (including phenoxy) is 1. The first-order chi connectivity index (χ1) is 11.1. The van der Waals surface area contributed by atoms with E-state index in [0.717, 1.165) is 5.75 Å². The Kier molecular flexibility index (Phi) is 6.18. The summed E-state index contributed by atoms with van der Waals surface area (Å²) in [6, 6.07) is 13.8. The molecule has 5 heteroatoms. The van der Waals surface area contributed by atoms with Gasteiger partial charge in [-0.05, 0) is 49.4 Å². The van der Waals surface area contributed by atoms with E-state index in [0.29, 0.717) is 22.9 Å². The third-order valence-electron chi connectivity index (χ3n) is 3.17. The fourth-order valence-corrected chi connectivity index (χ4v) is 2.26. The van der Waals surface area contributed by atoms with Crippen molar-refractivity contribution in [1.82, 2.24) is 0 Å².